The standard InChI is InChI=1S/C15H22N2O3S/c1-21(19,20)16-12-6-4-8-17(10-12)14-9-11-5-2-3-7-13(11)15(14)18/h2-3,5,7,12,14-16,18H,4,6,8-10H2,1H3. The lowest BCUT2D eigenvalue weighted by Gasteiger charge is -2.38. The minimum absolute atomic E-state index is 0.0512. The fourth-order valence-electron chi connectivity index (χ4n) is 3.59. The SMILES string of the molecule is CS(=O)(=O)NC1CCCN(C2Cc3ccccc3C2O)C1. The summed E-state index contributed by atoms with van der Waals surface area (Å²) < 4.78 is 25.5. The normalized spacial score (nSPS) is 30.3. The first-order valence-electron chi connectivity index (χ1n) is 7.41. The highest BCUT2D eigenvalue weighted by Gasteiger charge is 2.37. The van der Waals surface area contributed by atoms with Crippen LogP contribution >= 0.6 is 0 Å². The molecule has 1 aromatic carbocycles. The lowest BCUT2D eigenvalue weighted by molar-refractivity contribution is 0.0431. The topological polar surface area (TPSA) is 69.6 Å². The van der Waals surface area contributed by atoms with Crippen molar-refractivity contribution in [1.82, 2.24) is 9.62 Å². The Morgan fingerprint density at radius 1 is 1.33 bits per heavy atom. The third kappa shape index (κ3) is 3.29. The number of rotatable bonds is 3. The molecule has 1 aliphatic heterocycles. The van der Waals surface area contributed by atoms with Gasteiger partial charge in [-0.15, -0.1) is 0 Å². The molecule has 1 aliphatic carbocycles. The van der Waals surface area contributed by atoms with Crippen molar-refractivity contribution < 1.29 is 13.5 Å². The summed E-state index contributed by atoms with van der Waals surface area (Å²) in [5.74, 6) is 0. The van der Waals surface area contributed by atoms with Crippen molar-refractivity contribution >= 4 is 10.0 Å². The average molecular weight is 310 g/mol. The average Bonchev–Trinajstić information content (AvgIpc) is 2.75. The lowest BCUT2D eigenvalue weighted by Crippen LogP contribution is -2.51. The third-order valence-corrected chi connectivity index (χ3v) is 5.23. The van der Waals surface area contributed by atoms with Gasteiger partial charge in [-0.25, -0.2) is 13.1 Å². The summed E-state index contributed by atoms with van der Waals surface area (Å²) in [6, 6.07) is 8.01. The van der Waals surface area contributed by atoms with Crippen LogP contribution in [-0.2, 0) is 16.4 Å². The Morgan fingerprint density at radius 3 is 2.81 bits per heavy atom. The number of likely N-dealkylation sites (tertiary alicyclic amines) is 1. The molecular weight excluding hydrogens is 288 g/mol. The molecule has 0 radical (unpaired) electrons. The molecule has 1 fully saturated rings. The predicted octanol–water partition coefficient (Wildman–Crippen LogP) is 0.658. The quantitative estimate of drug-likeness (QED) is 0.860. The van der Waals surface area contributed by atoms with Gasteiger partial charge in [-0.05, 0) is 36.9 Å². The van der Waals surface area contributed by atoms with E-state index in [0.29, 0.717) is 6.54 Å². The Kier molecular flexibility index (Phi) is 4.05. The largest absolute Gasteiger partial charge is 0.387 e. The Morgan fingerprint density at radius 2 is 2.10 bits per heavy atom. The van der Waals surface area contributed by atoms with Gasteiger partial charge in [0.15, 0.2) is 0 Å². The number of nitrogens with zero attached hydrogens (tertiary/aromatic N) is 1. The Hall–Kier alpha value is -0.950. The van der Waals surface area contributed by atoms with Gasteiger partial charge in [-0.1, -0.05) is 24.3 Å². The van der Waals surface area contributed by atoms with Crippen molar-refractivity contribution in [3.8, 4) is 0 Å². The number of piperidine rings is 1. The van der Waals surface area contributed by atoms with Crippen LogP contribution in [-0.4, -0.2) is 49.9 Å². The van der Waals surface area contributed by atoms with Crippen molar-refractivity contribution in [3.63, 3.8) is 0 Å². The van der Waals surface area contributed by atoms with Crippen molar-refractivity contribution in [2.24, 2.45) is 0 Å². The van der Waals surface area contributed by atoms with E-state index < -0.39 is 16.1 Å². The zero-order chi connectivity index (χ0) is 15.0. The fourth-order valence-corrected chi connectivity index (χ4v) is 4.39. The predicted molar refractivity (Wildman–Crippen MR) is 81.5 cm³/mol. The maximum atomic E-state index is 11.4. The van der Waals surface area contributed by atoms with Gasteiger partial charge in [0, 0.05) is 18.6 Å². The number of fused-ring (bicyclic) bond motifs is 1. The summed E-state index contributed by atoms with van der Waals surface area (Å²) in [6.07, 6.45) is 3.37. The number of sulfonamides is 1. The molecule has 1 heterocycles. The molecule has 3 rings (SSSR count). The molecule has 5 nitrogen and oxygen atoms in total. The van der Waals surface area contributed by atoms with Crippen LogP contribution in [0.25, 0.3) is 0 Å². The first-order chi connectivity index (χ1) is 9.94. The van der Waals surface area contributed by atoms with Gasteiger partial charge in [0.1, 0.15) is 0 Å². The van der Waals surface area contributed by atoms with E-state index in [4.69, 9.17) is 0 Å². The molecule has 1 saturated heterocycles. The summed E-state index contributed by atoms with van der Waals surface area (Å²) in [4.78, 5) is 2.23. The van der Waals surface area contributed by atoms with Gasteiger partial charge in [-0.3, -0.25) is 4.90 Å². The molecule has 3 atom stereocenters. The number of nitrogens with one attached hydrogen (secondary N) is 1. The Balaban J connectivity index is 1.71. The van der Waals surface area contributed by atoms with Crippen LogP contribution in [0.15, 0.2) is 24.3 Å². The molecule has 2 aliphatic rings. The lowest BCUT2D eigenvalue weighted by atomic mass is 10.0. The van der Waals surface area contributed by atoms with Crippen molar-refractivity contribution in [3.05, 3.63) is 35.4 Å². The van der Waals surface area contributed by atoms with E-state index in [-0.39, 0.29) is 12.1 Å². The fraction of sp³-hybridized carbons (Fsp3) is 0.600. The summed E-state index contributed by atoms with van der Waals surface area (Å²) in [7, 11) is -3.18. The molecule has 0 amide bonds. The molecule has 0 saturated carbocycles. The smallest absolute Gasteiger partial charge is 0.208 e. The molecule has 116 valence electrons. The summed E-state index contributed by atoms with van der Waals surface area (Å²) in [5, 5.41) is 10.5. The van der Waals surface area contributed by atoms with Gasteiger partial charge in [0.2, 0.25) is 10.0 Å². The van der Waals surface area contributed by atoms with Crippen LogP contribution in [0.5, 0.6) is 0 Å². The van der Waals surface area contributed by atoms with Gasteiger partial charge in [-0.2, -0.15) is 0 Å². The highest BCUT2D eigenvalue weighted by molar-refractivity contribution is 7.88. The van der Waals surface area contributed by atoms with E-state index in [2.05, 4.69) is 15.7 Å². The number of benzene rings is 1. The highest BCUT2D eigenvalue weighted by atomic mass is 32.2. The zero-order valence-electron chi connectivity index (χ0n) is 12.2. The first-order valence-corrected chi connectivity index (χ1v) is 9.30. The minimum Gasteiger partial charge on any atom is -0.387 e. The number of aliphatic hydroxyl groups is 1. The molecule has 2 N–H and O–H groups in total. The Labute approximate surface area is 126 Å². The molecule has 1 aromatic rings. The zero-order valence-corrected chi connectivity index (χ0v) is 13.0. The molecule has 6 heteroatoms. The van der Waals surface area contributed by atoms with Crippen molar-refractivity contribution in [2.75, 3.05) is 19.3 Å². The third-order valence-electron chi connectivity index (χ3n) is 4.47. The second-order valence-electron chi connectivity index (χ2n) is 6.14. The minimum atomic E-state index is -3.18. The highest BCUT2D eigenvalue weighted by Crippen LogP contribution is 2.35. The Bertz CT molecular complexity index is 617. The summed E-state index contributed by atoms with van der Waals surface area (Å²) in [5.41, 5.74) is 2.22. The summed E-state index contributed by atoms with van der Waals surface area (Å²) >= 11 is 0. The molecule has 0 bridgehead atoms. The second-order valence-corrected chi connectivity index (χ2v) is 7.92. The van der Waals surface area contributed by atoms with E-state index >= 15 is 0 Å². The van der Waals surface area contributed by atoms with Crippen LogP contribution in [0.3, 0.4) is 0 Å². The van der Waals surface area contributed by atoms with E-state index in [1.807, 2.05) is 18.2 Å². The van der Waals surface area contributed by atoms with E-state index in [0.717, 1.165) is 31.4 Å². The van der Waals surface area contributed by atoms with Crippen molar-refractivity contribution in [2.45, 2.75) is 37.5 Å². The number of hydrogen-bond donors (Lipinski definition) is 2. The van der Waals surface area contributed by atoms with Crippen molar-refractivity contribution in [1.29, 1.82) is 0 Å². The second kappa shape index (κ2) is 5.68. The van der Waals surface area contributed by atoms with Gasteiger partial charge >= 0.3 is 0 Å². The molecular formula is C15H22N2O3S. The van der Waals surface area contributed by atoms with Crippen LogP contribution < -0.4 is 4.72 Å². The number of aliphatic hydroxyl groups excluding tert-OH is 1. The molecule has 0 spiro atoms. The number of hydrogen-bond acceptors (Lipinski definition) is 4. The van der Waals surface area contributed by atoms with E-state index in [9.17, 15) is 13.5 Å². The molecule has 0 aromatic heterocycles. The van der Waals surface area contributed by atoms with Gasteiger partial charge in [0.25, 0.3) is 0 Å². The molecule has 3 unspecified atom stereocenters. The van der Waals surface area contributed by atoms with E-state index in [1.54, 1.807) is 0 Å². The van der Waals surface area contributed by atoms with Crippen LogP contribution in [0.1, 0.15) is 30.1 Å². The van der Waals surface area contributed by atoms with Crippen LogP contribution in [0, 0.1) is 0 Å². The summed E-state index contributed by atoms with van der Waals surface area (Å²) in [6.45, 7) is 1.58. The molecule has 21 heavy (non-hydrogen) atoms. The van der Waals surface area contributed by atoms with Crippen LogP contribution in [0.4, 0.5) is 0 Å². The maximum absolute atomic E-state index is 11.4. The first kappa shape index (κ1) is 15.0. The van der Waals surface area contributed by atoms with Crippen LogP contribution in [0.2, 0.25) is 0 Å². The van der Waals surface area contributed by atoms with Gasteiger partial charge in [0.05, 0.1) is 12.4 Å². The maximum Gasteiger partial charge on any atom is 0.208 e. The van der Waals surface area contributed by atoms with Gasteiger partial charge < -0.3 is 5.11 Å². The van der Waals surface area contributed by atoms with E-state index in [1.165, 1.54) is 11.8 Å². The monoisotopic (exact) mass is 310 g/mol.